The topological polar surface area (TPSA) is 17.1 Å². The average molecular weight is 406 g/mol. The van der Waals surface area contributed by atoms with Crippen LogP contribution in [0, 0.1) is 0 Å². The van der Waals surface area contributed by atoms with Crippen LogP contribution in [0.5, 0.6) is 0 Å². The number of hydrogen-bond donors (Lipinski definition) is 0. The Morgan fingerprint density at radius 2 is 0.731 bits per heavy atom. The molecule has 0 unspecified atom stereocenters. The van der Waals surface area contributed by atoms with E-state index in [0.717, 1.165) is 32.3 Å². The number of aryl methyl sites for hydroxylation is 3. The molecule has 0 heterocycles. The van der Waals surface area contributed by atoms with E-state index in [9.17, 15) is 3.74 Å². The van der Waals surface area contributed by atoms with Crippen LogP contribution in [0.25, 0.3) is 0 Å². The van der Waals surface area contributed by atoms with Crippen molar-refractivity contribution in [3.05, 3.63) is 89.5 Å². The van der Waals surface area contributed by atoms with E-state index in [-0.39, 0.29) is 0 Å². The summed E-state index contributed by atoms with van der Waals surface area (Å²) in [5.41, 5.74) is 3.83. The molecule has 0 saturated carbocycles. The fourth-order valence-corrected chi connectivity index (χ4v) is 8.73. The minimum absolute atomic E-state index is 0.967. The molecule has 0 aliphatic rings. The maximum absolute atomic E-state index is 14.5. The number of hydrogen-bond acceptors (Lipinski definition) is 1. The van der Waals surface area contributed by atoms with Crippen LogP contribution in [0.3, 0.4) is 0 Å². The van der Waals surface area contributed by atoms with E-state index in [0.29, 0.717) is 0 Å². The van der Waals surface area contributed by atoms with E-state index in [1.165, 1.54) is 16.7 Å². The predicted octanol–water partition coefficient (Wildman–Crippen LogP) is 3.77. The summed E-state index contributed by atoms with van der Waals surface area (Å²) in [5.74, 6) is 0. The summed E-state index contributed by atoms with van der Waals surface area (Å²) in [6, 6.07) is 25.1. The second-order valence-electron chi connectivity index (χ2n) is 6.67. The summed E-state index contributed by atoms with van der Waals surface area (Å²) in [4.78, 5) is 0. The Kier molecular flexibility index (Phi) is 5.89. The van der Waals surface area contributed by atoms with Crippen molar-refractivity contribution in [2.24, 2.45) is 0 Å². The van der Waals surface area contributed by atoms with Gasteiger partial charge < -0.3 is 0 Å². The van der Waals surface area contributed by atoms with Crippen molar-refractivity contribution in [2.75, 3.05) is 0 Å². The van der Waals surface area contributed by atoms with Gasteiger partial charge in [-0.05, 0) is 0 Å². The Labute approximate surface area is 159 Å². The van der Waals surface area contributed by atoms with Crippen molar-refractivity contribution in [1.29, 1.82) is 0 Å². The van der Waals surface area contributed by atoms with Crippen LogP contribution in [0.1, 0.15) is 37.5 Å². The minimum atomic E-state index is -3.67. The van der Waals surface area contributed by atoms with Crippen LogP contribution in [-0.4, -0.2) is 13.5 Å². The molecular formula is C24H27AsO. The second-order valence-corrected chi connectivity index (χ2v) is 12.5. The predicted molar refractivity (Wildman–Crippen MR) is 113 cm³/mol. The molecule has 1 nitrogen and oxygen atoms in total. The zero-order valence-electron chi connectivity index (χ0n) is 15.9. The Bertz CT molecular complexity index is 768. The van der Waals surface area contributed by atoms with E-state index < -0.39 is 13.5 Å². The molecular weight excluding hydrogens is 379 g/mol. The van der Waals surface area contributed by atoms with E-state index >= 15 is 0 Å². The zero-order valence-corrected chi connectivity index (χ0v) is 17.8. The molecule has 0 aliphatic carbocycles. The van der Waals surface area contributed by atoms with E-state index in [1.807, 2.05) is 0 Å². The van der Waals surface area contributed by atoms with Crippen LogP contribution in [0.2, 0.25) is 0 Å². The van der Waals surface area contributed by atoms with Gasteiger partial charge in [0.05, 0.1) is 0 Å². The molecule has 134 valence electrons. The van der Waals surface area contributed by atoms with Gasteiger partial charge in [-0.2, -0.15) is 0 Å². The third-order valence-corrected chi connectivity index (χ3v) is 11.6. The van der Waals surface area contributed by atoms with Gasteiger partial charge in [-0.15, -0.1) is 0 Å². The fourth-order valence-electron chi connectivity index (χ4n) is 3.27. The number of benzene rings is 3. The maximum atomic E-state index is 14.5. The Morgan fingerprint density at radius 3 is 0.923 bits per heavy atom. The van der Waals surface area contributed by atoms with Crippen LogP contribution in [0.15, 0.2) is 72.8 Å². The molecule has 0 fully saturated rings. The first kappa shape index (κ1) is 18.8. The third-order valence-electron chi connectivity index (χ3n) is 5.12. The molecule has 0 atom stereocenters. The summed E-state index contributed by atoms with van der Waals surface area (Å²) in [6.45, 7) is 6.44. The zero-order chi connectivity index (χ0) is 18.6. The molecule has 0 radical (unpaired) electrons. The van der Waals surface area contributed by atoms with Gasteiger partial charge in [0.2, 0.25) is 0 Å². The first-order chi connectivity index (χ1) is 12.6. The van der Waals surface area contributed by atoms with Crippen molar-refractivity contribution in [3.63, 3.8) is 0 Å². The SMILES string of the molecule is CCc1ccc([As](=O)(c2ccc(CC)cc2)c2ccc(CC)cc2)cc1. The van der Waals surface area contributed by atoms with Crippen LogP contribution >= 0.6 is 0 Å². The molecule has 0 amide bonds. The Balaban J connectivity index is 2.16. The molecule has 3 aromatic rings. The summed E-state index contributed by atoms with van der Waals surface area (Å²) < 4.78 is 17.4. The van der Waals surface area contributed by atoms with Crippen LogP contribution < -0.4 is 13.1 Å². The Morgan fingerprint density at radius 1 is 0.500 bits per heavy atom. The molecule has 0 N–H and O–H groups in total. The van der Waals surface area contributed by atoms with Gasteiger partial charge in [0.1, 0.15) is 0 Å². The summed E-state index contributed by atoms with van der Waals surface area (Å²) >= 11 is -3.67. The summed E-state index contributed by atoms with van der Waals surface area (Å²) in [7, 11) is 0. The van der Waals surface area contributed by atoms with E-state index in [4.69, 9.17) is 0 Å². The van der Waals surface area contributed by atoms with Crippen molar-refractivity contribution in [3.8, 4) is 0 Å². The van der Waals surface area contributed by atoms with Crippen molar-refractivity contribution < 1.29 is 3.74 Å². The van der Waals surface area contributed by atoms with Crippen LogP contribution in [0.4, 0.5) is 0 Å². The molecule has 3 aromatic carbocycles. The third kappa shape index (κ3) is 3.59. The van der Waals surface area contributed by atoms with E-state index in [1.54, 1.807) is 0 Å². The summed E-state index contributed by atoms with van der Waals surface area (Å²) in [6.07, 6.45) is 2.98. The molecule has 0 aromatic heterocycles. The average Bonchev–Trinajstić information content (AvgIpc) is 2.73. The van der Waals surface area contributed by atoms with Crippen LogP contribution in [-0.2, 0) is 23.0 Å². The molecule has 0 aliphatic heterocycles. The molecule has 0 saturated heterocycles. The van der Waals surface area contributed by atoms with Gasteiger partial charge in [0, 0.05) is 0 Å². The normalized spacial score (nSPS) is 11.5. The van der Waals surface area contributed by atoms with Crippen molar-refractivity contribution in [2.45, 2.75) is 40.0 Å². The monoisotopic (exact) mass is 406 g/mol. The standard InChI is InChI=1S/C24H27AsO/c1-4-19-7-13-22(14-8-19)25(26,23-15-9-20(5-2)10-16-23)24-17-11-21(6-3)12-18-24/h7-18H,4-6H2,1-3H3. The van der Waals surface area contributed by atoms with Gasteiger partial charge in [0.25, 0.3) is 0 Å². The first-order valence-corrected chi connectivity index (χ1v) is 13.1. The molecule has 0 bridgehead atoms. The van der Waals surface area contributed by atoms with Gasteiger partial charge in [-0.1, -0.05) is 0 Å². The Hall–Kier alpha value is -1.98. The van der Waals surface area contributed by atoms with Crippen molar-refractivity contribution in [1.82, 2.24) is 0 Å². The molecule has 26 heavy (non-hydrogen) atoms. The van der Waals surface area contributed by atoms with E-state index in [2.05, 4.69) is 93.6 Å². The quantitative estimate of drug-likeness (QED) is 0.570. The van der Waals surface area contributed by atoms with Crippen molar-refractivity contribution >= 4 is 26.5 Å². The van der Waals surface area contributed by atoms with Gasteiger partial charge in [-0.25, -0.2) is 0 Å². The first-order valence-electron chi connectivity index (χ1n) is 9.50. The molecule has 0 spiro atoms. The molecule has 2 heteroatoms. The van der Waals surface area contributed by atoms with Gasteiger partial charge in [-0.3, -0.25) is 0 Å². The second kappa shape index (κ2) is 8.14. The summed E-state index contributed by atoms with van der Waals surface area (Å²) in [5, 5.41) is 0. The van der Waals surface area contributed by atoms with Gasteiger partial charge >= 0.3 is 160 Å². The fraction of sp³-hybridized carbons (Fsp3) is 0.250. The molecule has 3 rings (SSSR count). The van der Waals surface area contributed by atoms with Gasteiger partial charge in [0.15, 0.2) is 0 Å². The number of rotatable bonds is 6.